The number of nitrogens with two attached hydrogens (primary N) is 1. The van der Waals surface area contributed by atoms with Gasteiger partial charge in [0.25, 0.3) is 0 Å². The number of aliphatic hydroxyl groups excluding tert-OH is 1. The van der Waals surface area contributed by atoms with Crippen LogP contribution in [0.5, 0.6) is 0 Å². The van der Waals surface area contributed by atoms with Crippen LogP contribution in [-0.2, 0) is 11.8 Å². The summed E-state index contributed by atoms with van der Waals surface area (Å²) in [5.41, 5.74) is 5.84. The van der Waals surface area contributed by atoms with E-state index in [4.69, 9.17) is 5.73 Å². The lowest BCUT2D eigenvalue weighted by molar-refractivity contribution is 0.199. The summed E-state index contributed by atoms with van der Waals surface area (Å²) in [6.45, 7) is 5.19. The van der Waals surface area contributed by atoms with Gasteiger partial charge in [-0.2, -0.15) is 0 Å². The first kappa shape index (κ1) is 11.1. The highest BCUT2D eigenvalue weighted by Crippen LogP contribution is 2.64. The van der Waals surface area contributed by atoms with Gasteiger partial charge in [0.2, 0.25) is 0 Å². The van der Waals surface area contributed by atoms with Gasteiger partial charge in [-0.1, -0.05) is 13.8 Å². The second-order valence-electron chi connectivity index (χ2n) is 4.77. The van der Waals surface area contributed by atoms with Crippen LogP contribution in [0.1, 0.15) is 30.0 Å². The van der Waals surface area contributed by atoms with E-state index in [0.717, 1.165) is 12.8 Å². The van der Waals surface area contributed by atoms with E-state index in [1.807, 2.05) is 11.3 Å². The lowest BCUT2D eigenvalue weighted by Gasteiger charge is -2.17. The van der Waals surface area contributed by atoms with Gasteiger partial charge in [0.1, 0.15) is 0 Å². The van der Waals surface area contributed by atoms with Gasteiger partial charge >= 0.3 is 0 Å². The summed E-state index contributed by atoms with van der Waals surface area (Å²) in [4.78, 5) is 2.81. The topological polar surface area (TPSA) is 46.2 Å². The third-order valence-corrected chi connectivity index (χ3v) is 5.48. The highest BCUT2D eigenvalue weighted by molar-refractivity contribution is 7.12. The van der Waals surface area contributed by atoms with Crippen molar-refractivity contribution in [1.82, 2.24) is 0 Å². The summed E-state index contributed by atoms with van der Waals surface area (Å²) in [5.74, 6) is 0. The van der Waals surface area contributed by atoms with Crippen molar-refractivity contribution in [2.45, 2.75) is 32.1 Å². The van der Waals surface area contributed by atoms with Crippen molar-refractivity contribution < 1.29 is 5.11 Å². The van der Waals surface area contributed by atoms with Crippen molar-refractivity contribution in [3.8, 4) is 0 Å². The molecular formula is C12H19NOS. The Morgan fingerprint density at radius 1 is 1.53 bits per heavy atom. The monoisotopic (exact) mass is 225 g/mol. The maximum absolute atomic E-state index is 9.44. The van der Waals surface area contributed by atoms with Crippen LogP contribution in [0.25, 0.3) is 0 Å². The molecule has 1 aromatic rings. The summed E-state index contributed by atoms with van der Waals surface area (Å²) >= 11 is 1.87. The molecule has 1 saturated carbocycles. The minimum absolute atomic E-state index is 0.0527. The van der Waals surface area contributed by atoms with E-state index in [1.165, 1.54) is 9.75 Å². The van der Waals surface area contributed by atoms with Crippen LogP contribution in [0.2, 0.25) is 0 Å². The molecule has 1 aliphatic carbocycles. The lowest BCUT2D eigenvalue weighted by Crippen LogP contribution is -2.27. The third kappa shape index (κ3) is 1.45. The standard InChI is InChI=1S/C12H19NOS/c1-3-9-4-5-10(15-9)11(2)6-12(11,7-13)8-14/h4-5,14H,3,6-8,13H2,1-2H3. The molecule has 0 aromatic carbocycles. The summed E-state index contributed by atoms with van der Waals surface area (Å²) in [6, 6.07) is 4.40. The molecule has 15 heavy (non-hydrogen) atoms. The van der Waals surface area contributed by atoms with Crippen LogP contribution in [0.4, 0.5) is 0 Å². The van der Waals surface area contributed by atoms with Gasteiger partial charge in [-0.25, -0.2) is 0 Å². The minimum atomic E-state index is -0.0527. The van der Waals surface area contributed by atoms with E-state index in [2.05, 4.69) is 26.0 Å². The first-order valence-electron chi connectivity index (χ1n) is 5.52. The van der Waals surface area contributed by atoms with Crippen LogP contribution in [0.3, 0.4) is 0 Å². The van der Waals surface area contributed by atoms with E-state index in [0.29, 0.717) is 6.54 Å². The van der Waals surface area contributed by atoms with Crippen molar-refractivity contribution in [2.75, 3.05) is 13.2 Å². The molecule has 2 unspecified atom stereocenters. The van der Waals surface area contributed by atoms with Crippen LogP contribution >= 0.6 is 11.3 Å². The molecule has 0 bridgehead atoms. The summed E-state index contributed by atoms with van der Waals surface area (Å²) < 4.78 is 0. The lowest BCUT2D eigenvalue weighted by atomic mass is 9.93. The Bertz CT molecular complexity index is 356. The molecule has 2 nitrogen and oxygen atoms in total. The van der Waals surface area contributed by atoms with Crippen LogP contribution in [-0.4, -0.2) is 18.3 Å². The Balaban J connectivity index is 2.25. The quantitative estimate of drug-likeness (QED) is 0.822. The molecule has 0 saturated heterocycles. The SMILES string of the molecule is CCc1ccc(C2(C)CC2(CN)CO)s1. The molecule has 3 N–H and O–H groups in total. The van der Waals surface area contributed by atoms with Crippen LogP contribution in [0.15, 0.2) is 12.1 Å². The number of aryl methyl sites for hydroxylation is 1. The molecule has 84 valence electrons. The molecule has 0 spiro atoms. The Kier molecular flexibility index (Phi) is 2.65. The first-order valence-corrected chi connectivity index (χ1v) is 6.33. The van der Waals surface area contributed by atoms with E-state index in [9.17, 15) is 5.11 Å². The van der Waals surface area contributed by atoms with Crippen molar-refractivity contribution >= 4 is 11.3 Å². The molecule has 1 fully saturated rings. The zero-order valence-corrected chi connectivity index (χ0v) is 10.2. The van der Waals surface area contributed by atoms with Crippen molar-refractivity contribution in [3.63, 3.8) is 0 Å². The average Bonchev–Trinajstić information content (AvgIpc) is 2.66. The molecular weight excluding hydrogens is 206 g/mol. The van der Waals surface area contributed by atoms with Gasteiger partial charge in [-0.3, -0.25) is 0 Å². The van der Waals surface area contributed by atoms with Gasteiger partial charge in [0.15, 0.2) is 0 Å². The number of hydrogen-bond donors (Lipinski definition) is 2. The van der Waals surface area contributed by atoms with E-state index in [-0.39, 0.29) is 17.4 Å². The highest BCUT2D eigenvalue weighted by atomic mass is 32.1. The minimum Gasteiger partial charge on any atom is -0.396 e. The predicted octanol–water partition coefficient (Wildman–Crippen LogP) is 1.91. The molecule has 2 rings (SSSR count). The van der Waals surface area contributed by atoms with Gasteiger partial charge in [0.05, 0.1) is 6.61 Å². The fourth-order valence-corrected chi connectivity index (χ4v) is 3.65. The van der Waals surface area contributed by atoms with E-state index >= 15 is 0 Å². The van der Waals surface area contributed by atoms with E-state index < -0.39 is 0 Å². The number of rotatable bonds is 4. The summed E-state index contributed by atoms with van der Waals surface area (Å²) in [7, 11) is 0. The number of hydrogen-bond acceptors (Lipinski definition) is 3. The Morgan fingerprint density at radius 3 is 2.67 bits per heavy atom. The molecule has 0 aliphatic heterocycles. The molecule has 1 aromatic heterocycles. The predicted molar refractivity (Wildman–Crippen MR) is 64.2 cm³/mol. The van der Waals surface area contributed by atoms with Crippen molar-refractivity contribution in [3.05, 3.63) is 21.9 Å². The number of aliphatic hydroxyl groups is 1. The first-order chi connectivity index (χ1) is 7.12. The second-order valence-corrected chi connectivity index (χ2v) is 5.94. The fourth-order valence-electron chi connectivity index (χ4n) is 2.44. The Morgan fingerprint density at radius 2 is 2.27 bits per heavy atom. The molecule has 0 radical (unpaired) electrons. The Hall–Kier alpha value is -0.380. The van der Waals surface area contributed by atoms with E-state index in [1.54, 1.807) is 0 Å². The zero-order chi connectivity index (χ0) is 11.1. The summed E-state index contributed by atoms with van der Waals surface area (Å²) in [6.07, 6.45) is 2.12. The molecule has 2 atom stereocenters. The molecule has 1 heterocycles. The Labute approximate surface area is 95.1 Å². The largest absolute Gasteiger partial charge is 0.396 e. The fraction of sp³-hybridized carbons (Fsp3) is 0.667. The molecule has 3 heteroatoms. The van der Waals surface area contributed by atoms with Gasteiger partial charge < -0.3 is 10.8 Å². The van der Waals surface area contributed by atoms with Gasteiger partial charge in [-0.05, 0) is 25.0 Å². The third-order valence-electron chi connectivity index (χ3n) is 3.98. The maximum atomic E-state index is 9.44. The normalized spacial score (nSPS) is 34.4. The maximum Gasteiger partial charge on any atom is 0.0508 e. The van der Waals surface area contributed by atoms with Gasteiger partial charge in [-0.15, -0.1) is 11.3 Å². The average molecular weight is 225 g/mol. The highest BCUT2D eigenvalue weighted by Gasteiger charge is 2.64. The molecule has 1 aliphatic rings. The molecule has 0 amide bonds. The van der Waals surface area contributed by atoms with Crippen LogP contribution in [0, 0.1) is 5.41 Å². The van der Waals surface area contributed by atoms with Crippen molar-refractivity contribution in [2.24, 2.45) is 11.1 Å². The van der Waals surface area contributed by atoms with Gasteiger partial charge in [0, 0.05) is 27.1 Å². The van der Waals surface area contributed by atoms with Crippen LogP contribution < -0.4 is 5.73 Å². The summed E-state index contributed by atoms with van der Waals surface area (Å²) in [5, 5.41) is 9.44. The second kappa shape index (κ2) is 3.58. The smallest absolute Gasteiger partial charge is 0.0508 e. The van der Waals surface area contributed by atoms with Crippen molar-refractivity contribution in [1.29, 1.82) is 0 Å². The number of thiophene rings is 1. The zero-order valence-electron chi connectivity index (χ0n) is 9.42.